The molecule has 31 heavy (non-hydrogen) atoms. The summed E-state index contributed by atoms with van der Waals surface area (Å²) in [5.74, 6) is -1.22. The summed E-state index contributed by atoms with van der Waals surface area (Å²) in [5.41, 5.74) is 2.90. The van der Waals surface area contributed by atoms with Crippen molar-refractivity contribution in [3.63, 3.8) is 0 Å². The van der Waals surface area contributed by atoms with Crippen molar-refractivity contribution in [1.82, 2.24) is 5.32 Å². The number of fused-ring (bicyclic) bond motifs is 2. The third-order valence-electron chi connectivity index (χ3n) is 6.91. The van der Waals surface area contributed by atoms with Gasteiger partial charge in [0, 0.05) is 29.4 Å². The lowest BCUT2D eigenvalue weighted by atomic mass is 9.84. The van der Waals surface area contributed by atoms with Crippen LogP contribution in [-0.4, -0.2) is 35.8 Å². The Labute approximate surface area is 192 Å². The molecule has 0 heterocycles. The third-order valence-corrected chi connectivity index (χ3v) is 7.46. The fourth-order valence-electron chi connectivity index (χ4n) is 5.51. The minimum atomic E-state index is -0.816. The van der Waals surface area contributed by atoms with Crippen LogP contribution in [0.1, 0.15) is 44.9 Å². The lowest BCUT2D eigenvalue weighted by Gasteiger charge is -2.30. The van der Waals surface area contributed by atoms with E-state index in [2.05, 4.69) is 15.6 Å². The predicted octanol–water partition coefficient (Wildman–Crippen LogP) is 4.92. The van der Waals surface area contributed by atoms with Crippen LogP contribution in [0.2, 0.25) is 10.0 Å². The maximum absolute atomic E-state index is 13.2. The topological polar surface area (TPSA) is 90.8 Å². The summed E-state index contributed by atoms with van der Waals surface area (Å²) in [5, 5.41) is 17.2. The van der Waals surface area contributed by atoms with Gasteiger partial charge in [-0.3, -0.25) is 14.6 Å². The molecule has 2 fully saturated rings. The third kappa shape index (κ3) is 4.46. The predicted molar refractivity (Wildman–Crippen MR) is 123 cm³/mol. The highest BCUT2D eigenvalue weighted by molar-refractivity contribution is 6.45. The Morgan fingerprint density at radius 2 is 1.87 bits per heavy atom. The normalized spacial score (nSPS) is 28.0. The summed E-state index contributed by atoms with van der Waals surface area (Å²) < 4.78 is 0. The minimum Gasteiger partial charge on any atom is -0.481 e. The monoisotopic (exact) mass is 463 g/mol. The lowest BCUT2D eigenvalue weighted by molar-refractivity contribution is -0.144. The first-order valence-corrected chi connectivity index (χ1v) is 11.6. The fourth-order valence-corrected chi connectivity index (χ4v) is 5.96. The molecule has 1 aromatic carbocycles. The largest absolute Gasteiger partial charge is 0.481 e. The van der Waals surface area contributed by atoms with E-state index in [-0.39, 0.29) is 23.8 Å². The van der Waals surface area contributed by atoms with Gasteiger partial charge in [0.2, 0.25) is 0 Å². The molecule has 0 aromatic heterocycles. The van der Waals surface area contributed by atoms with Crippen LogP contribution in [0.15, 0.2) is 34.5 Å². The van der Waals surface area contributed by atoms with Crippen LogP contribution >= 0.6 is 23.2 Å². The molecule has 166 valence electrons. The second-order valence-electron chi connectivity index (χ2n) is 8.68. The Hall–Kier alpha value is -2.05. The molecule has 2 unspecified atom stereocenters. The van der Waals surface area contributed by atoms with Gasteiger partial charge in [-0.05, 0) is 75.0 Å². The number of aliphatic imine (C=N–C) groups is 1. The van der Waals surface area contributed by atoms with Crippen LogP contribution in [0.25, 0.3) is 0 Å². The number of hydrogen-bond donors (Lipinski definition) is 3. The first-order chi connectivity index (χ1) is 14.9. The van der Waals surface area contributed by atoms with Crippen molar-refractivity contribution in [3.05, 3.63) is 39.5 Å². The lowest BCUT2D eigenvalue weighted by Crippen LogP contribution is -2.49. The standard InChI is InChI=1S/C23H27Cl2N3O3/c1-26-21(22(29)28-20-13-7-6-12(10-13)19(20)23(30)31)15-4-2-3-5-17(15)27-18-9-8-14(24)11-16(18)25/h8-9,11-13,19-20,27H,2-7,10H2,1H3,(H,28,29)(H,30,31)/b26-21+/t12?,13?,19-,20+/m0/s1. The Morgan fingerprint density at radius 1 is 1.13 bits per heavy atom. The zero-order chi connectivity index (χ0) is 22.1. The molecule has 2 bridgehead atoms. The van der Waals surface area contributed by atoms with Crippen LogP contribution in [0.5, 0.6) is 0 Å². The number of rotatable bonds is 6. The number of anilines is 1. The van der Waals surface area contributed by atoms with Crippen molar-refractivity contribution in [2.24, 2.45) is 22.7 Å². The number of hydrogen-bond acceptors (Lipinski definition) is 4. The minimum absolute atomic E-state index is 0.160. The van der Waals surface area contributed by atoms with Crippen LogP contribution in [0.3, 0.4) is 0 Å². The number of halogens is 2. The number of nitrogens with zero attached hydrogens (tertiary/aromatic N) is 1. The van der Waals surface area contributed by atoms with Crippen molar-refractivity contribution >= 4 is 46.5 Å². The number of carbonyl (C=O) groups is 2. The summed E-state index contributed by atoms with van der Waals surface area (Å²) in [4.78, 5) is 29.4. The molecule has 1 amide bonds. The van der Waals surface area contributed by atoms with Gasteiger partial charge >= 0.3 is 5.97 Å². The number of benzene rings is 1. The van der Waals surface area contributed by atoms with Crippen LogP contribution in [-0.2, 0) is 9.59 Å². The van der Waals surface area contributed by atoms with Crippen molar-refractivity contribution in [3.8, 4) is 0 Å². The van der Waals surface area contributed by atoms with Gasteiger partial charge in [-0.15, -0.1) is 0 Å². The van der Waals surface area contributed by atoms with E-state index < -0.39 is 11.9 Å². The Kier molecular flexibility index (Phi) is 6.58. The van der Waals surface area contributed by atoms with Gasteiger partial charge in [-0.25, -0.2) is 0 Å². The van der Waals surface area contributed by atoms with Gasteiger partial charge in [0.25, 0.3) is 5.91 Å². The van der Waals surface area contributed by atoms with E-state index in [0.717, 1.165) is 61.9 Å². The van der Waals surface area contributed by atoms with Crippen LogP contribution in [0, 0.1) is 17.8 Å². The second-order valence-corrected chi connectivity index (χ2v) is 9.53. The molecule has 2 saturated carbocycles. The van der Waals surface area contributed by atoms with E-state index in [1.54, 1.807) is 19.2 Å². The molecule has 6 nitrogen and oxygen atoms in total. The maximum atomic E-state index is 13.2. The molecular formula is C23H27Cl2N3O3. The summed E-state index contributed by atoms with van der Waals surface area (Å²) in [6, 6.07) is 4.94. The number of allylic oxidation sites excluding steroid dienone is 1. The van der Waals surface area contributed by atoms with Crippen molar-refractivity contribution < 1.29 is 14.7 Å². The number of carbonyl (C=O) groups excluding carboxylic acids is 1. The van der Waals surface area contributed by atoms with Gasteiger partial charge in [0.15, 0.2) is 0 Å². The first-order valence-electron chi connectivity index (χ1n) is 10.8. The molecule has 0 aliphatic heterocycles. The van der Waals surface area contributed by atoms with Crippen molar-refractivity contribution in [1.29, 1.82) is 0 Å². The molecule has 3 aliphatic carbocycles. The molecular weight excluding hydrogens is 437 g/mol. The van der Waals surface area contributed by atoms with Crippen molar-refractivity contribution in [2.75, 3.05) is 12.4 Å². The summed E-state index contributed by atoms with van der Waals surface area (Å²) >= 11 is 12.3. The molecule has 3 aliphatic rings. The Morgan fingerprint density at radius 3 is 2.58 bits per heavy atom. The zero-order valence-electron chi connectivity index (χ0n) is 17.5. The van der Waals surface area contributed by atoms with E-state index in [1.807, 2.05) is 6.07 Å². The van der Waals surface area contributed by atoms with E-state index in [9.17, 15) is 14.7 Å². The highest BCUT2D eigenvalue weighted by atomic mass is 35.5. The molecule has 0 spiro atoms. The summed E-state index contributed by atoms with van der Waals surface area (Å²) in [6.45, 7) is 0. The fraction of sp³-hybridized carbons (Fsp3) is 0.522. The maximum Gasteiger partial charge on any atom is 0.308 e. The van der Waals surface area contributed by atoms with E-state index in [0.29, 0.717) is 15.8 Å². The molecule has 1 aromatic rings. The summed E-state index contributed by atoms with van der Waals surface area (Å²) in [7, 11) is 1.61. The Bertz CT molecular complexity index is 959. The highest BCUT2D eigenvalue weighted by Crippen LogP contribution is 2.48. The van der Waals surface area contributed by atoms with Gasteiger partial charge < -0.3 is 15.7 Å². The van der Waals surface area contributed by atoms with Gasteiger partial charge in [0.05, 0.1) is 16.6 Å². The number of amides is 1. The number of carboxylic acids is 1. The van der Waals surface area contributed by atoms with Gasteiger partial charge in [0.1, 0.15) is 5.71 Å². The Balaban J connectivity index is 1.57. The summed E-state index contributed by atoms with van der Waals surface area (Å²) in [6.07, 6.45) is 6.27. The molecule has 3 N–H and O–H groups in total. The smallest absolute Gasteiger partial charge is 0.308 e. The molecule has 0 radical (unpaired) electrons. The van der Waals surface area contributed by atoms with Crippen LogP contribution in [0.4, 0.5) is 5.69 Å². The van der Waals surface area contributed by atoms with Crippen molar-refractivity contribution in [2.45, 2.75) is 51.0 Å². The number of carboxylic acid groups (broad SMARTS) is 1. The SMILES string of the molecule is C/N=C(/C(=O)N[C@@H]1C2CCC(C2)[C@@H]1C(=O)O)C1=C(Nc2ccc(Cl)cc2Cl)CCCC1. The zero-order valence-corrected chi connectivity index (χ0v) is 19.0. The van der Waals surface area contributed by atoms with E-state index in [4.69, 9.17) is 23.2 Å². The molecule has 8 heteroatoms. The highest BCUT2D eigenvalue weighted by Gasteiger charge is 2.51. The second kappa shape index (κ2) is 9.21. The van der Waals surface area contributed by atoms with Gasteiger partial charge in [-0.2, -0.15) is 0 Å². The average Bonchev–Trinajstić information content (AvgIpc) is 3.33. The molecule has 4 atom stereocenters. The number of aliphatic carboxylic acids is 1. The van der Waals surface area contributed by atoms with E-state index >= 15 is 0 Å². The molecule has 0 saturated heterocycles. The first kappa shape index (κ1) is 22.2. The number of nitrogens with one attached hydrogen (secondary N) is 2. The molecule has 4 rings (SSSR count). The van der Waals surface area contributed by atoms with Gasteiger partial charge in [-0.1, -0.05) is 23.2 Å². The van der Waals surface area contributed by atoms with E-state index in [1.165, 1.54) is 0 Å². The average molecular weight is 464 g/mol. The van der Waals surface area contributed by atoms with Crippen LogP contribution < -0.4 is 10.6 Å². The quantitative estimate of drug-likeness (QED) is 0.522.